The van der Waals surface area contributed by atoms with E-state index in [-0.39, 0.29) is 19.0 Å². The molecule has 0 fully saturated rings. The summed E-state index contributed by atoms with van der Waals surface area (Å²) < 4.78 is 5.15. The van der Waals surface area contributed by atoms with Gasteiger partial charge in [-0.1, -0.05) is 36.4 Å². The second kappa shape index (κ2) is 8.51. The summed E-state index contributed by atoms with van der Waals surface area (Å²) in [6.45, 7) is 3.93. The first-order valence-electron chi connectivity index (χ1n) is 6.80. The van der Waals surface area contributed by atoms with Gasteiger partial charge in [0.25, 0.3) is 0 Å². The van der Waals surface area contributed by atoms with E-state index >= 15 is 0 Å². The molecule has 0 aliphatic rings. The van der Waals surface area contributed by atoms with Crippen LogP contribution in [0, 0.1) is 0 Å². The van der Waals surface area contributed by atoms with E-state index in [1.54, 1.807) is 0 Å². The lowest BCUT2D eigenvalue weighted by Crippen LogP contribution is -2.36. The topological polar surface area (TPSA) is 72.5 Å². The van der Waals surface area contributed by atoms with Crippen LogP contribution in [0.1, 0.15) is 32.3 Å². The van der Waals surface area contributed by atoms with Gasteiger partial charge in [0.2, 0.25) is 0 Å². The molecule has 0 saturated heterocycles. The number of rotatable bonds is 7. The highest BCUT2D eigenvalue weighted by atomic mass is 16.5. The van der Waals surface area contributed by atoms with Crippen LogP contribution in [0.25, 0.3) is 0 Å². The molecule has 1 rings (SSSR count). The van der Waals surface area contributed by atoms with Crippen LogP contribution in [0.5, 0.6) is 0 Å². The van der Waals surface area contributed by atoms with Gasteiger partial charge in [0.1, 0.15) is 6.61 Å². The minimum Gasteiger partial charge on any atom is -0.461 e. The van der Waals surface area contributed by atoms with Gasteiger partial charge < -0.3 is 15.6 Å². The Labute approximate surface area is 120 Å². The summed E-state index contributed by atoms with van der Waals surface area (Å²) in [4.78, 5) is 11.6. The van der Waals surface area contributed by atoms with Crippen LogP contribution in [0.4, 0.5) is 0 Å². The summed E-state index contributed by atoms with van der Waals surface area (Å²) in [6, 6.07) is 9.06. The predicted molar refractivity (Wildman–Crippen MR) is 78.9 cm³/mol. The first kappa shape index (κ1) is 16.4. The number of carbonyl (C=O) groups is 1. The molecule has 20 heavy (non-hydrogen) atoms. The third-order valence-electron chi connectivity index (χ3n) is 3.25. The summed E-state index contributed by atoms with van der Waals surface area (Å²) in [5.41, 5.74) is 7.62. The number of nitrogens with two attached hydrogens (primary N) is 1. The minimum atomic E-state index is -0.707. The fourth-order valence-corrected chi connectivity index (χ4v) is 1.76. The molecule has 0 aliphatic carbocycles. The molecule has 1 aromatic carbocycles. The van der Waals surface area contributed by atoms with E-state index in [4.69, 9.17) is 10.5 Å². The number of benzene rings is 1. The molecule has 0 bridgehead atoms. The van der Waals surface area contributed by atoms with Crippen molar-refractivity contribution in [1.82, 2.24) is 0 Å². The summed E-state index contributed by atoms with van der Waals surface area (Å²) in [7, 11) is 0. The zero-order valence-electron chi connectivity index (χ0n) is 12.1. The highest BCUT2D eigenvalue weighted by Crippen LogP contribution is 2.10. The molecule has 3 N–H and O–H groups in total. The number of hydrogen-bond donors (Lipinski definition) is 2. The van der Waals surface area contributed by atoms with Gasteiger partial charge in [0, 0.05) is 12.5 Å². The Balaban J connectivity index is 2.29. The molecule has 0 saturated carbocycles. The second-order valence-electron chi connectivity index (χ2n) is 4.83. The molecule has 0 radical (unpaired) electrons. The summed E-state index contributed by atoms with van der Waals surface area (Å²) in [5, 5.41) is 9.86. The van der Waals surface area contributed by atoms with Gasteiger partial charge in [-0.05, 0) is 31.4 Å². The molecule has 2 atom stereocenters. The minimum absolute atomic E-state index is 0.210. The molecular formula is C16H23NO3. The smallest absolute Gasteiger partial charge is 0.306 e. The molecule has 0 heterocycles. The fourth-order valence-electron chi connectivity index (χ4n) is 1.76. The Bertz CT molecular complexity index is 442. The lowest BCUT2D eigenvalue weighted by atomic mass is 10.0. The molecule has 2 unspecified atom stereocenters. The number of allylic oxidation sites excluding steroid dienone is 1. The highest BCUT2D eigenvalue weighted by Gasteiger charge is 2.17. The molecule has 4 heteroatoms. The van der Waals surface area contributed by atoms with E-state index in [0.29, 0.717) is 6.42 Å². The monoisotopic (exact) mass is 277 g/mol. The molecule has 0 aliphatic heterocycles. The van der Waals surface area contributed by atoms with E-state index in [0.717, 1.165) is 11.1 Å². The van der Waals surface area contributed by atoms with E-state index in [2.05, 4.69) is 0 Å². The van der Waals surface area contributed by atoms with E-state index in [1.807, 2.05) is 50.3 Å². The number of aliphatic hydroxyl groups is 1. The van der Waals surface area contributed by atoms with Crippen LogP contribution < -0.4 is 5.73 Å². The standard InChI is InChI=1S/C16H23NO3/c1-3-12(2)16(19)14(17)9-10-15(18)20-11-13-7-5-4-6-8-13/h3-8,14,16,19H,9-11,17H2,1-2H3. The quantitative estimate of drug-likeness (QED) is 0.592. The molecule has 0 aromatic heterocycles. The largest absolute Gasteiger partial charge is 0.461 e. The SMILES string of the molecule is CC=C(C)C(O)C(N)CCC(=O)OCc1ccccc1. The molecule has 1 aromatic rings. The molecule has 0 amide bonds. The number of hydrogen-bond acceptors (Lipinski definition) is 4. The van der Waals surface area contributed by atoms with Crippen LogP contribution in [-0.4, -0.2) is 23.2 Å². The van der Waals surface area contributed by atoms with Crippen LogP contribution >= 0.6 is 0 Å². The molecule has 4 nitrogen and oxygen atoms in total. The lowest BCUT2D eigenvalue weighted by molar-refractivity contribution is -0.145. The maximum atomic E-state index is 11.6. The van der Waals surface area contributed by atoms with Gasteiger partial charge in [-0.2, -0.15) is 0 Å². The summed E-state index contributed by atoms with van der Waals surface area (Å²) in [5.74, 6) is -0.297. The number of carbonyl (C=O) groups excluding carboxylic acids is 1. The number of ether oxygens (including phenoxy) is 1. The normalized spacial score (nSPS) is 14.7. The average Bonchev–Trinajstić information content (AvgIpc) is 2.49. The van der Waals surface area contributed by atoms with Gasteiger partial charge in [-0.25, -0.2) is 0 Å². The van der Waals surface area contributed by atoms with Crippen molar-refractivity contribution in [3.63, 3.8) is 0 Å². The Morgan fingerprint density at radius 1 is 1.40 bits per heavy atom. The van der Waals surface area contributed by atoms with Crippen molar-refractivity contribution in [1.29, 1.82) is 0 Å². The van der Waals surface area contributed by atoms with Crippen LogP contribution in [0.3, 0.4) is 0 Å². The van der Waals surface area contributed by atoms with Crippen molar-refractivity contribution in [2.75, 3.05) is 0 Å². The van der Waals surface area contributed by atoms with Crippen LogP contribution in [0.2, 0.25) is 0 Å². The van der Waals surface area contributed by atoms with Crippen molar-refractivity contribution in [2.45, 2.75) is 45.4 Å². The zero-order chi connectivity index (χ0) is 15.0. The van der Waals surface area contributed by atoms with E-state index in [1.165, 1.54) is 0 Å². The third kappa shape index (κ3) is 5.55. The third-order valence-corrected chi connectivity index (χ3v) is 3.25. The van der Waals surface area contributed by atoms with Crippen molar-refractivity contribution < 1.29 is 14.6 Å². The van der Waals surface area contributed by atoms with Crippen molar-refractivity contribution in [3.8, 4) is 0 Å². The Morgan fingerprint density at radius 2 is 2.05 bits per heavy atom. The van der Waals surface area contributed by atoms with Crippen molar-refractivity contribution in [3.05, 3.63) is 47.5 Å². The van der Waals surface area contributed by atoms with Gasteiger partial charge in [-0.15, -0.1) is 0 Å². The second-order valence-corrected chi connectivity index (χ2v) is 4.83. The highest BCUT2D eigenvalue weighted by molar-refractivity contribution is 5.69. The summed E-state index contributed by atoms with van der Waals surface area (Å²) in [6.07, 6.45) is 1.72. The Hall–Kier alpha value is -1.65. The summed E-state index contributed by atoms with van der Waals surface area (Å²) >= 11 is 0. The number of esters is 1. The molecular weight excluding hydrogens is 254 g/mol. The van der Waals surface area contributed by atoms with Crippen LogP contribution in [-0.2, 0) is 16.1 Å². The van der Waals surface area contributed by atoms with Crippen molar-refractivity contribution in [2.24, 2.45) is 5.73 Å². The average molecular weight is 277 g/mol. The first-order chi connectivity index (χ1) is 9.54. The van der Waals surface area contributed by atoms with Gasteiger partial charge in [-0.3, -0.25) is 4.79 Å². The van der Waals surface area contributed by atoms with E-state index in [9.17, 15) is 9.90 Å². The predicted octanol–water partition coefficient (Wildman–Crippen LogP) is 2.16. The Kier molecular flexibility index (Phi) is 6.98. The Morgan fingerprint density at radius 3 is 2.65 bits per heavy atom. The van der Waals surface area contributed by atoms with Crippen LogP contribution in [0.15, 0.2) is 42.0 Å². The molecule has 110 valence electrons. The maximum Gasteiger partial charge on any atom is 0.306 e. The van der Waals surface area contributed by atoms with Gasteiger partial charge in [0.05, 0.1) is 6.10 Å². The molecule has 0 spiro atoms. The number of aliphatic hydroxyl groups excluding tert-OH is 1. The lowest BCUT2D eigenvalue weighted by Gasteiger charge is -2.19. The van der Waals surface area contributed by atoms with Gasteiger partial charge >= 0.3 is 5.97 Å². The fraction of sp³-hybridized carbons (Fsp3) is 0.438. The van der Waals surface area contributed by atoms with Crippen molar-refractivity contribution >= 4 is 5.97 Å². The zero-order valence-corrected chi connectivity index (χ0v) is 12.1. The van der Waals surface area contributed by atoms with Gasteiger partial charge in [0.15, 0.2) is 0 Å². The van der Waals surface area contributed by atoms with E-state index < -0.39 is 12.1 Å². The maximum absolute atomic E-state index is 11.6. The first-order valence-corrected chi connectivity index (χ1v) is 6.80.